The van der Waals surface area contributed by atoms with Crippen LogP contribution in [0.5, 0.6) is 0 Å². The molecular formula is C69H54ClN7. The number of rotatable bonds is 12. The highest BCUT2D eigenvalue weighted by atomic mass is 35.5. The van der Waals surface area contributed by atoms with Crippen LogP contribution in [-0.2, 0) is 0 Å². The van der Waals surface area contributed by atoms with Gasteiger partial charge in [0.25, 0.3) is 0 Å². The minimum atomic E-state index is 0.739. The highest BCUT2D eigenvalue weighted by molar-refractivity contribution is 6.30. The Hall–Kier alpha value is -10.1. The van der Waals surface area contributed by atoms with Gasteiger partial charge in [0.15, 0.2) is 0 Å². The number of halogens is 1. The number of hydrogen-bond acceptors (Lipinski definition) is 7. The predicted octanol–water partition coefficient (Wildman–Crippen LogP) is 18.9. The minimum absolute atomic E-state index is 0.739. The summed E-state index contributed by atoms with van der Waals surface area (Å²) in [6.45, 7) is 0. The Morgan fingerprint density at radius 3 is 0.844 bits per heavy atom. The van der Waals surface area contributed by atoms with Crippen molar-refractivity contribution in [2.45, 2.75) is 0 Å². The smallest absolute Gasteiger partial charge is 0.0702 e. The zero-order chi connectivity index (χ0) is 52.4. The molecule has 0 unspecified atom stereocenters. The highest BCUT2D eigenvalue weighted by Gasteiger charge is 2.18. The molecule has 77 heavy (non-hydrogen) atoms. The van der Waals surface area contributed by atoms with Gasteiger partial charge in [0.2, 0.25) is 0 Å². The summed E-state index contributed by atoms with van der Waals surface area (Å²) in [4.78, 5) is 20.2. The van der Waals surface area contributed by atoms with Crippen LogP contribution in [-0.4, -0.2) is 15.0 Å². The number of benzene rings is 9. The zero-order valence-electron chi connectivity index (χ0n) is 42.2. The summed E-state index contributed by atoms with van der Waals surface area (Å²) in [7, 11) is 0. The second kappa shape index (κ2) is 25.2. The highest BCUT2D eigenvalue weighted by Crippen LogP contribution is 2.41. The molecule has 0 bridgehead atoms. The van der Waals surface area contributed by atoms with Crippen molar-refractivity contribution >= 4 is 68.5 Å². The number of anilines is 10. The first-order valence-corrected chi connectivity index (χ1v) is 25.7. The number of nitrogen functional groups attached to an aromatic ring is 1. The van der Waals surface area contributed by atoms with E-state index in [1.807, 2.05) is 164 Å². The molecule has 0 fully saturated rings. The van der Waals surface area contributed by atoms with Gasteiger partial charge >= 0.3 is 0 Å². The van der Waals surface area contributed by atoms with Crippen LogP contribution < -0.4 is 20.4 Å². The van der Waals surface area contributed by atoms with Crippen LogP contribution in [0.2, 0.25) is 5.02 Å². The summed E-state index contributed by atoms with van der Waals surface area (Å²) < 4.78 is 0. The largest absolute Gasteiger partial charge is 0.399 e. The first-order valence-electron chi connectivity index (χ1n) is 25.3. The van der Waals surface area contributed by atoms with Crippen LogP contribution >= 0.6 is 11.6 Å². The second-order valence-corrected chi connectivity index (χ2v) is 18.1. The van der Waals surface area contributed by atoms with Gasteiger partial charge in [-0.15, -0.1) is 0 Å². The molecule has 8 heteroatoms. The SMILES string of the molecule is Clc1cccc(-c2ccccn2)c1.Nc1ccc(N(c2ccccc2)c2ccccc2)cc1.c1ccc(N(c2ccccc2)c2ccc(N(c3cccc(-c4ccccn4)c3)c3cccc(-c4ccccn4)c3)cc2)cc1. The third-order valence-corrected chi connectivity index (χ3v) is 12.7. The molecular weight excluding hydrogens is 962 g/mol. The van der Waals surface area contributed by atoms with Crippen molar-refractivity contribution in [2.75, 3.05) is 20.4 Å². The van der Waals surface area contributed by atoms with E-state index in [4.69, 9.17) is 17.3 Å². The molecule has 3 aromatic heterocycles. The Balaban J connectivity index is 0.000000166. The molecule has 0 aliphatic rings. The van der Waals surface area contributed by atoms with E-state index in [2.05, 4.69) is 175 Å². The molecule has 0 saturated heterocycles. The standard InChI is InChI=1S/C40H30N4.C18H16N2.C11H8ClN/c1-3-15-33(16-4-1)43(34-17-5-2-6-18-34)35-23-25-36(26-24-35)44(37-19-11-13-31(29-37)39-21-7-9-27-41-39)38-20-12-14-32(30-38)40-22-8-10-28-42-40;19-15-11-13-18(14-12-15)20(16-7-3-1-4-8-16)17-9-5-2-6-10-17;12-10-5-3-4-9(8-10)11-6-1-2-7-13-11/h1-30H;1-14H,19H2;1-8H. The van der Waals surface area contributed by atoms with Crippen LogP contribution in [0.25, 0.3) is 33.8 Å². The van der Waals surface area contributed by atoms with Crippen LogP contribution in [0.1, 0.15) is 0 Å². The van der Waals surface area contributed by atoms with Crippen molar-refractivity contribution in [3.8, 4) is 33.8 Å². The third-order valence-electron chi connectivity index (χ3n) is 12.5. The molecule has 12 rings (SSSR count). The fourth-order valence-electron chi connectivity index (χ4n) is 8.88. The molecule has 0 spiro atoms. The molecule has 0 radical (unpaired) electrons. The van der Waals surface area contributed by atoms with Gasteiger partial charge in [-0.1, -0.05) is 139 Å². The molecule has 7 nitrogen and oxygen atoms in total. The topological polar surface area (TPSA) is 74.4 Å². The van der Waals surface area contributed by atoms with Gasteiger partial charge in [-0.2, -0.15) is 0 Å². The minimum Gasteiger partial charge on any atom is -0.399 e. The zero-order valence-corrected chi connectivity index (χ0v) is 42.9. The van der Waals surface area contributed by atoms with Gasteiger partial charge < -0.3 is 20.4 Å². The maximum Gasteiger partial charge on any atom is 0.0702 e. The Bertz CT molecular complexity index is 3530. The molecule has 372 valence electrons. The summed E-state index contributed by atoms with van der Waals surface area (Å²) in [6.07, 6.45) is 5.44. The van der Waals surface area contributed by atoms with E-state index >= 15 is 0 Å². The van der Waals surface area contributed by atoms with Gasteiger partial charge in [0.05, 0.1) is 17.1 Å². The number of para-hydroxylation sites is 4. The summed E-state index contributed by atoms with van der Waals surface area (Å²) >= 11 is 5.87. The van der Waals surface area contributed by atoms with Crippen molar-refractivity contribution in [1.82, 2.24) is 15.0 Å². The van der Waals surface area contributed by atoms with Gasteiger partial charge in [0, 0.05) is 97.2 Å². The Labute approximate surface area is 456 Å². The van der Waals surface area contributed by atoms with Gasteiger partial charge in [-0.3, -0.25) is 15.0 Å². The van der Waals surface area contributed by atoms with E-state index in [-0.39, 0.29) is 0 Å². The van der Waals surface area contributed by atoms with Crippen LogP contribution in [0, 0.1) is 0 Å². The lowest BCUT2D eigenvalue weighted by Crippen LogP contribution is -2.12. The third kappa shape index (κ3) is 13.0. The summed E-state index contributed by atoms with van der Waals surface area (Å²) in [5.41, 5.74) is 22.3. The maximum atomic E-state index is 5.87. The predicted molar refractivity (Wildman–Crippen MR) is 322 cm³/mol. The molecule has 0 saturated carbocycles. The maximum absolute atomic E-state index is 5.87. The molecule has 12 aromatic rings. The lowest BCUT2D eigenvalue weighted by Gasteiger charge is -2.28. The number of pyridine rings is 3. The molecule has 9 aromatic carbocycles. The monoisotopic (exact) mass is 1020 g/mol. The van der Waals surface area contributed by atoms with Crippen LogP contribution in [0.15, 0.2) is 316 Å². The normalized spacial score (nSPS) is 10.5. The van der Waals surface area contributed by atoms with Crippen molar-refractivity contribution in [2.24, 2.45) is 0 Å². The van der Waals surface area contributed by atoms with E-state index in [1.54, 1.807) is 6.20 Å². The molecule has 0 aliphatic heterocycles. The van der Waals surface area contributed by atoms with E-state index < -0.39 is 0 Å². The van der Waals surface area contributed by atoms with Gasteiger partial charge in [0.1, 0.15) is 0 Å². The summed E-state index contributed by atoms with van der Waals surface area (Å²) in [5, 5.41) is 0.739. The first-order chi connectivity index (χ1) is 38.0. The van der Waals surface area contributed by atoms with Crippen molar-refractivity contribution < 1.29 is 0 Å². The Kier molecular flexibility index (Phi) is 16.5. The fraction of sp³-hybridized carbons (Fsp3) is 0. The average Bonchev–Trinajstić information content (AvgIpc) is 3.51. The van der Waals surface area contributed by atoms with E-state index in [9.17, 15) is 0 Å². The average molecular weight is 1020 g/mol. The van der Waals surface area contributed by atoms with Crippen molar-refractivity contribution in [3.05, 3.63) is 321 Å². The van der Waals surface area contributed by atoms with Gasteiger partial charge in [-0.25, -0.2) is 0 Å². The second-order valence-electron chi connectivity index (χ2n) is 17.7. The number of hydrogen-bond donors (Lipinski definition) is 1. The first kappa shape index (κ1) is 50.5. The molecule has 0 aliphatic carbocycles. The van der Waals surface area contributed by atoms with Crippen LogP contribution in [0.4, 0.5) is 56.9 Å². The van der Waals surface area contributed by atoms with E-state index in [1.165, 1.54) is 0 Å². The summed E-state index contributed by atoms with van der Waals surface area (Å²) in [5.74, 6) is 0. The lowest BCUT2D eigenvalue weighted by molar-refractivity contribution is 1.25. The van der Waals surface area contributed by atoms with E-state index in [0.717, 1.165) is 95.7 Å². The summed E-state index contributed by atoms with van der Waals surface area (Å²) in [6, 6.07) is 101. The van der Waals surface area contributed by atoms with Gasteiger partial charge in [-0.05, 0) is 170 Å². The molecule has 3 heterocycles. The molecule has 2 N–H and O–H groups in total. The number of nitrogens with two attached hydrogens (primary N) is 1. The number of aromatic nitrogens is 3. The fourth-order valence-corrected chi connectivity index (χ4v) is 9.07. The Morgan fingerprint density at radius 1 is 0.247 bits per heavy atom. The van der Waals surface area contributed by atoms with Crippen LogP contribution in [0.3, 0.4) is 0 Å². The molecule has 0 atom stereocenters. The molecule has 0 amide bonds. The lowest BCUT2D eigenvalue weighted by atomic mass is 10.1. The van der Waals surface area contributed by atoms with Crippen molar-refractivity contribution in [1.29, 1.82) is 0 Å². The quantitative estimate of drug-likeness (QED) is 0.122. The van der Waals surface area contributed by atoms with Crippen molar-refractivity contribution in [3.63, 3.8) is 0 Å². The van der Waals surface area contributed by atoms with E-state index in [0.29, 0.717) is 0 Å². The number of nitrogens with zero attached hydrogens (tertiary/aromatic N) is 6. The Morgan fingerprint density at radius 2 is 0.519 bits per heavy atom.